The Morgan fingerprint density at radius 3 is 2.60 bits per heavy atom. The van der Waals surface area contributed by atoms with Crippen molar-refractivity contribution >= 4 is 42.2 Å². The Bertz CT molecular complexity index is 671. The summed E-state index contributed by atoms with van der Waals surface area (Å²) in [5.41, 5.74) is 1.24. The number of anilines is 2. The van der Waals surface area contributed by atoms with Crippen molar-refractivity contribution in [2.45, 2.75) is 13.0 Å². The highest BCUT2D eigenvalue weighted by molar-refractivity contribution is 5.99. The van der Waals surface area contributed by atoms with Crippen molar-refractivity contribution in [3.8, 4) is 5.75 Å². The van der Waals surface area contributed by atoms with E-state index in [2.05, 4.69) is 20.9 Å². The van der Waals surface area contributed by atoms with E-state index in [4.69, 9.17) is 4.74 Å². The average Bonchev–Trinajstić information content (AvgIpc) is 2.60. The molecule has 3 N–H and O–H groups in total. The van der Waals surface area contributed by atoms with Crippen LogP contribution < -0.4 is 20.7 Å². The van der Waals surface area contributed by atoms with Crippen LogP contribution in [0.25, 0.3) is 0 Å². The zero-order chi connectivity index (χ0) is 16.7. The van der Waals surface area contributed by atoms with Gasteiger partial charge in [0.15, 0.2) is 0 Å². The van der Waals surface area contributed by atoms with Gasteiger partial charge < -0.3 is 20.7 Å². The molecule has 1 aromatic heterocycles. The summed E-state index contributed by atoms with van der Waals surface area (Å²) in [6, 6.07) is 11.2. The van der Waals surface area contributed by atoms with Gasteiger partial charge in [-0.15, -0.1) is 24.8 Å². The molecule has 0 saturated heterocycles. The maximum atomic E-state index is 12.4. The molecule has 138 valence electrons. The van der Waals surface area contributed by atoms with Gasteiger partial charge in [-0.25, -0.2) is 4.98 Å². The summed E-state index contributed by atoms with van der Waals surface area (Å²) < 4.78 is 5.31. The van der Waals surface area contributed by atoms with Crippen LogP contribution in [0.5, 0.6) is 5.75 Å². The Kier molecular flexibility index (Phi) is 10.6. The summed E-state index contributed by atoms with van der Waals surface area (Å²) >= 11 is 0. The number of carbonyl (C=O) groups excluding carboxylic acids is 1. The van der Waals surface area contributed by atoms with Crippen LogP contribution >= 0.6 is 24.8 Å². The molecule has 0 aliphatic rings. The minimum absolute atomic E-state index is 0. The smallest absolute Gasteiger partial charge is 0.255 e. The van der Waals surface area contributed by atoms with Gasteiger partial charge in [-0.2, -0.15) is 0 Å². The van der Waals surface area contributed by atoms with Crippen molar-refractivity contribution in [2.24, 2.45) is 0 Å². The molecule has 1 unspecified atom stereocenters. The molecule has 0 saturated carbocycles. The number of pyridine rings is 1. The number of benzene rings is 1. The van der Waals surface area contributed by atoms with Crippen LogP contribution in [-0.2, 0) is 0 Å². The Balaban J connectivity index is 0.00000288. The zero-order valence-corrected chi connectivity index (χ0v) is 16.0. The number of para-hydroxylation sites is 2. The molecule has 0 radical (unpaired) electrons. The maximum absolute atomic E-state index is 12.4. The molecule has 1 aromatic carbocycles. The molecule has 2 rings (SSSR count). The van der Waals surface area contributed by atoms with E-state index < -0.39 is 0 Å². The fourth-order valence-electron chi connectivity index (χ4n) is 2.01. The Labute approximate surface area is 160 Å². The molecule has 0 fully saturated rings. The first kappa shape index (κ1) is 23.0. The van der Waals surface area contributed by atoms with Crippen LogP contribution in [0.3, 0.4) is 0 Å². The van der Waals surface area contributed by atoms with E-state index in [1.165, 1.54) is 0 Å². The number of ether oxygens (including phenoxy) is 1. The number of rotatable bonds is 7. The van der Waals surface area contributed by atoms with Crippen molar-refractivity contribution in [2.75, 3.05) is 26.0 Å². The number of nitrogens with one attached hydrogen (secondary N) is 3. The third-order valence-corrected chi connectivity index (χ3v) is 3.47. The predicted molar refractivity (Wildman–Crippen MR) is 106 cm³/mol. The summed E-state index contributed by atoms with van der Waals surface area (Å²) in [6.07, 6.45) is 1.64. The highest BCUT2D eigenvalue weighted by atomic mass is 35.5. The van der Waals surface area contributed by atoms with E-state index in [1.54, 1.807) is 25.4 Å². The molecule has 1 atom stereocenters. The molecule has 2 aromatic rings. The summed E-state index contributed by atoms with van der Waals surface area (Å²) in [4.78, 5) is 16.7. The number of carbonyl (C=O) groups is 1. The highest BCUT2D eigenvalue weighted by Gasteiger charge is 2.14. The molecular formula is C17H24Cl2N4O2. The Morgan fingerprint density at radius 2 is 1.92 bits per heavy atom. The van der Waals surface area contributed by atoms with Crippen molar-refractivity contribution in [1.82, 2.24) is 15.6 Å². The number of hydrogen-bond donors (Lipinski definition) is 3. The average molecular weight is 387 g/mol. The monoisotopic (exact) mass is 386 g/mol. The summed E-state index contributed by atoms with van der Waals surface area (Å²) in [6.45, 7) is 2.54. The van der Waals surface area contributed by atoms with Gasteiger partial charge in [0.2, 0.25) is 0 Å². The number of hydrogen-bond acceptors (Lipinski definition) is 5. The van der Waals surface area contributed by atoms with Crippen LogP contribution in [0.2, 0.25) is 0 Å². The first-order valence-electron chi connectivity index (χ1n) is 7.46. The fraction of sp³-hybridized carbons (Fsp3) is 0.294. The number of amides is 1. The molecular weight excluding hydrogens is 363 g/mol. The lowest BCUT2D eigenvalue weighted by molar-refractivity contribution is 0.0951. The molecule has 0 aliphatic carbocycles. The third-order valence-electron chi connectivity index (χ3n) is 3.47. The van der Waals surface area contributed by atoms with Gasteiger partial charge in [0.25, 0.3) is 5.91 Å². The molecule has 1 heterocycles. The summed E-state index contributed by atoms with van der Waals surface area (Å²) in [7, 11) is 3.46. The number of aromatic nitrogens is 1. The molecule has 1 amide bonds. The van der Waals surface area contributed by atoms with E-state index >= 15 is 0 Å². The van der Waals surface area contributed by atoms with Gasteiger partial charge in [0, 0.05) is 18.8 Å². The molecule has 0 bridgehead atoms. The standard InChI is InChI=1S/C17H22N4O2.2ClH/c1-12(18-2)11-20-17(22)13-7-6-10-19-16(13)21-14-8-4-5-9-15(14)23-3;;/h4-10,12,18H,11H2,1-3H3,(H,19,21)(H,20,22);2*1H. The molecule has 0 spiro atoms. The minimum atomic E-state index is -0.169. The lowest BCUT2D eigenvalue weighted by Gasteiger charge is -2.15. The van der Waals surface area contributed by atoms with E-state index in [-0.39, 0.29) is 36.8 Å². The van der Waals surface area contributed by atoms with Gasteiger partial charge in [0.05, 0.1) is 18.4 Å². The number of likely N-dealkylation sites (N-methyl/N-ethyl adjacent to an activating group) is 1. The van der Waals surface area contributed by atoms with Crippen molar-refractivity contribution in [3.05, 3.63) is 48.2 Å². The quantitative estimate of drug-likeness (QED) is 0.681. The van der Waals surface area contributed by atoms with Crippen molar-refractivity contribution in [1.29, 1.82) is 0 Å². The van der Waals surface area contributed by atoms with Crippen LogP contribution in [-0.4, -0.2) is 37.6 Å². The SMILES string of the molecule is CNC(C)CNC(=O)c1cccnc1Nc1ccccc1OC.Cl.Cl. The van der Waals surface area contributed by atoms with Crippen LogP contribution in [0.1, 0.15) is 17.3 Å². The summed E-state index contributed by atoms with van der Waals surface area (Å²) in [5.74, 6) is 1.01. The number of halogens is 2. The molecule has 0 aliphatic heterocycles. The van der Waals surface area contributed by atoms with Crippen LogP contribution in [0.4, 0.5) is 11.5 Å². The third kappa shape index (κ3) is 6.42. The highest BCUT2D eigenvalue weighted by Crippen LogP contribution is 2.27. The molecule has 8 heteroatoms. The second kappa shape index (κ2) is 11.5. The first-order valence-corrected chi connectivity index (χ1v) is 7.46. The second-order valence-electron chi connectivity index (χ2n) is 5.12. The largest absolute Gasteiger partial charge is 0.495 e. The molecule has 25 heavy (non-hydrogen) atoms. The Hall–Kier alpha value is -2.02. The van der Waals surface area contributed by atoms with Gasteiger partial charge in [-0.3, -0.25) is 4.79 Å². The normalized spacial score (nSPS) is 10.7. The van der Waals surface area contributed by atoms with Crippen molar-refractivity contribution in [3.63, 3.8) is 0 Å². The van der Waals surface area contributed by atoms with Gasteiger partial charge in [-0.05, 0) is 38.2 Å². The number of nitrogens with zero attached hydrogens (tertiary/aromatic N) is 1. The number of methoxy groups -OCH3 is 1. The maximum Gasteiger partial charge on any atom is 0.255 e. The lowest BCUT2D eigenvalue weighted by atomic mass is 10.2. The Morgan fingerprint density at radius 1 is 1.20 bits per heavy atom. The van der Waals surface area contributed by atoms with E-state index in [1.807, 2.05) is 38.2 Å². The minimum Gasteiger partial charge on any atom is -0.495 e. The van der Waals surface area contributed by atoms with Gasteiger partial charge >= 0.3 is 0 Å². The lowest BCUT2D eigenvalue weighted by Crippen LogP contribution is -2.37. The topological polar surface area (TPSA) is 75.3 Å². The van der Waals surface area contributed by atoms with E-state index in [9.17, 15) is 4.79 Å². The van der Waals surface area contributed by atoms with Crippen molar-refractivity contribution < 1.29 is 9.53 Å². The van der Waals surface area contributed by atoms with Crippen LogP contribution in [0, 0.1) is 0 Å². The van der Waals surface area contributed by atoms with Gasteiger partial charge in [0.1, 0.15) is 11.6 Å². The van der Waals surface area contributed by atoms with E-state index in [0.29, 0.717) is 23.7 Å². The van der Waals surface area contributed by atoms with Crippen LogP contribution in [0.15, 0.2) is 42.6 Å². The predicted octanol–water partition coefficient (Wildman–Crippen LogP) is 3.02. The van der Waals surface area contributed by atoms with Gasteiger partial charge in [-0.1, -0.05) is 12.1 Å². The molecule has 6 nitrogen and oxygen atoms in total. The second-order valence-corrected chi connectivity index (χ2v) is 5.12. The first-order chi connectivity index (χ1) is 11.2. The fourth-order valence-corrected chi connectivity index (χ4v) is 2.01. The van der Waals surface area contributed by atoms with E-state index in [0.717, 1.165) is 5.69 Å². The summed E-state index contributed by atoms with van der Waals surface area (Å²) in [5, 5.41) is 9.13. The zero-order valence-electron chi connectivity index (χ0n) is 14.4.